The molecule has 1 aromatic carbocycles. The Hall–Kier alpha value is -3.35. The lowest BCUT2D eigenvalue weighted by Crippen LogP contribution is -2.26. The van der Waals surface area contributed by atoms with Crippen LogP contribution >= 0.6 is 0 Å². The highest BCUT2D eigenvalue weighted by molar-refractivity contribution is 6.02. The highest BCUT2D eigenvalue weighted by atomic mass is 16.5. The third kappa shape index (κ3) is 4.25. The van der Waals surface area contributed by atoms with Crippen molar-refractivity contribution >= 4 is 24.0 Å². The van der Waals surface area contributed by atoms with Crippen molar-refractivity contribution in [3.05, 3.63) is 47.3 Å². The number of pyridine rings is 1. The second-order valence-corrected chi connectivity index (χ2v) is 5.93. The molecule has 1 amide bonds. The van der Waals surface area contributed by atoms with E-state index >= 15 is 0 Å². The fourth-order valence-electron chi connectivity index (χ4n) is 2.70. The van der Waals surface area contributed by atoms with Crippen molar-refractivity contribution in [2.45, 2.75) is 20.3 Å². The lowest BCUT2D eigenvalue weighted by Gasteiger charge is -2.15. The van der Waals surface area contributed by atoms with Gasteiger partial charge in [-0.2, -0.15) is 0 Å². The number of carbonyl (C=O) groups excluding carboxylic acids is 1. The first-order valence-corrected chi connectivity index (χ1v) is 8.60. The number of aromatic nitrogens is 1. The third-order valence-corrected chi connectivity index (χ3v) is 4.12. The zero-order valence-electron chi connectivity index (χ0n) is 15.9. The largest absolute Gasteiger partial charge is 0.481 e. The van der Waals surface area contributed by atoms with Gasteiger partial charge in [-0.25, -0.2) is 4.98 Å². The molecule has 7 heteroatoms. The van der Waals surface area contributed by atoms with Crippen LogP contribution in [0.5, 0.6) is 5.88 Å². The number of nitrogens with one attached hydrogen (secondary N) is 1. The van der Waals surface area contributed by atoms with E-state index in [2.05, 4.69) is 22.0 Å². The van der Waals surface area contributed by atoms with Gasteiger partial charge < -0.3 is 21.5 Å². The maximum atomic E-state index is 12.3. The maximum absolute atomic E-state index is 12.3. The molecule has 142 valence electrons. The highest BCUT2D eigenvalue weighted by Gasteiger charge is 2.17. The Bertz CT molecular complexity index is 890. The second-order valence-electron chi connectivity index (χ2n) is 5.93. The summed E-state index contributed by atoms with van der Waals surface area (Å²) >= 11 is 0. The Balaban J connectivity index is 2.54. The van der Waals surface area contributed by atoms with E-state index in [1.165, 1.54) is 0 Å². The molecule has 0 bridgehead atoms. The smallest absolute Gasteiger partial charge is 0.272 e. The van der Waals surface area contributed by atoms with Gasteiger partial charge in [0, 0.05) is 40.7 Å². The molecule has 0 fully saturated rings. The number of hydrogen-bond donors (Lipinski definition) is 3. The van der Waals surface area contributed by atoms with Crippen LogP contribution in [-0.4, -0.2) is 31.3 Å². The zero-order valence-corrected chi connectivity index (χ0v) is 15.9. The minimum atomic E-state index is -0.378. The summed E-state index contributed by atoms with van der Waals surface area (Å²) in [6.07, 6.45) is 0.803. The fraction of sp³-hybridized carbons (Fsp3) is 0.250. The Morgan fingerprint density at radius 3 is 2.63 bits per heavy atom. The van der Waals surface area contributed by atoms with E-state index in [1.54, 1.807) is 19.2 Å². The number of aliphatic imine (C=N–C) groups is 1. The van der Waals surface area contributed by atoms with Crippen molar-refractivity contribution in [3.8, 4) is 17.0 Å². The Labute approximate surface area is 159 Å². The highest BCUT2D eigenvalue weighted by Crippen LogP contribution is 2.34. The molecule has 1 heterocycles. The van der Waals surface area contributed by atoms with E-state index in [1.807, 2.05) is 32.0 Å². The molecule has 0 atom stereocenters. The van der Waals surface area contributed by atoms with Gasteiger partial charge in [0.2, 0.25) is 5.88 Å². The summed E-state index contributed by atoms with van der Waals surface area (Å²) in [6.45, 7) is 7.82. The summed E-state index contributed by atoms with van der Waals surface area (Å²) in [6, 6.07) is 9.10. The topological polar surface area (TPSA) is 116 Å². The third-order valence-electron chi connectivity index (χ3n) is 4.12. The van der Waals surface area contributed by atoms with Gasteiger partial charge in [0.05, 0.1) is 12.8 Å². The number of methoxy groups -OCH3 is 1. The number of para-hydroxylation sites is 1. The molecule has 2 rings (SSSR count). The van der Waals surface area contributed by atoms with Crippen molar-refractivity contribution in [2.24, 2.45) is 10.7 Å². The average Bonchev–Trinajstić information content (AvgIpc) is 2.67. The van der Waals surface area contributed by atoms with E-state index in [0.717, 1.165) is 23.2 Å². The lowest BCUT2D eigenvalue weighted by molar-refractivity contribution is -0.117. The number of anilines is 1. The molecule has 0 saturated heterocycles. The van der Waals surface area contributed by atoms with E-state index in [4.69, 9.17) is 16.2 Å². The first-order chi connectivity index (χ1) is 12.9. The van der Waals surface area contributed by atoms with Gasteiger partial charge in [-0.1, -0.05) is 25.1 Å². The molecule has 0 radical (unpaired) electrons. The van der Waals surface area contributed by atoms with Gasteiger partial charge >= 0.3 is 0 Å². The molecule has 2 aromatic rings. The number of amides is 1. The number of rotatable bonds is 7. The minimum absolute atomic E-state index is 0.0527. The van der Waals surface area contributed by atoms with E-state index in [9.17, 15) is 4.79 Å². The fourth-order valence-corrected chi connectivity index (χ4v) is 2.70. The minimum Gasteiger partial charge on any atom is -0.481 e. The summed E-state index contributed by atoms with van der Waals surface area (Å²) in [5.41, 5.74) is 16.2. The molecule has 0 unspecified atom stereocenters. The van der Waals surface area contributed by atoms with Crippen LogP contribution in [0.25, 0.3) is 16.8 Å². The van der Waals surface area contributed by atoms with Gasteiger partial charge in [-0.3, -0.25) is 9.79 Å². The number of nitrogens with two attached hydrogens (primary N) is 2. The van der Waals surface area contributed by atoms with Crippen LogP contribution in [0.4, 0.5) is 5.69 Å². The summed E-state index contributed by atoms with van der Waals surface area (Å²) in [4.78, 5) is 20.5. The Kier molecular flexibility index (Phi) is 6.54. The number of hydrogen-bond acceptors (Lipinski definition) is 6. The number of aryl methyl sites for hydroxylation is 1. The lowest BCUT2D eigenvalue weighted by atomic mass is 9.97. The molecule has 0 saturated carbocycles. The van der Waals surface area contributed by atoms with Crippen LogP contribution in [0.2, 0.25) is 0 Å². The standard InChI is InChI=1S/C20H25N5O2/c1-5-11-24-20(26)19(23-3)18(22)15-8-6-7-14(17(15)21)13-9-10-16(27-4)25-12(13)2/h6-10H,3,5,11,21-22H2,1-2,4H3,(H,24,26)/b19-18+. The van der Waals surface area contributed by atoms with E-state index in [0.29, 0.717) is 23.7 Å². The molecule has 1 aromatic heterocycles. The molecule has 0 aliphatic heterocycles. The van der Waals surface area contributed by atoms with Crippen LogP contribution in [0.15, 0.2) is 41.0 Å². The first-order valence-electron chi connectivity index (χ1n) is 8.60. The number of ether oxygens (including phenoxy) is 1. The predicted octanol–water partition coefficient (Wildman–Crippen LogP) is 2.50. The molecular formula is C20H25N5O2. The van der Waals surface area contributed by atoms with Crippen LogP contribution < -0.4 is 21.5 Å². The molecular weight excluding hydrogens is 342 g/mol. The number of nitrogen functional groups attached to an aromatic ring is 1. The molecule has 0 aliphatic carbocycles. The average molecular weight is 367 g/mol. The van der Waals surface area contributed by atoms with Crippen LogP contribution in [0.1, 0.15) is 24.6 Å². The van der Waals surface area contributed by atoms with Crippen molar-refractivity contribution in [2.75, 3.05) is 19.4 Å². The number of carbonyl (C=O) groups is 1. The number of nitrogens with zero attached hydrogens (tertiary/aromatic N) is 2. The quantitative estimate of drug-likeness (QED) is 0.395. The molecule has 27 heavy (non-hydrogen) atoms. The van der Waals surface area contributed by atoms with Crippen molar-refractivity contribution < 1.29 is 9.53 Å². The van der Waals surface area contributed by atoms with Gasteiger partial charge in [-0.05, 0) is 26.1 Å². The van der Waals surface area contributed by atoms with Crippen LogP contribution in [0.3, 0.4) is 0 Å². The van der Waals surface area contributed by atoms with Crippen LogP contribution in [-0.2, 0) is 4.79 Å². The van der Waals surface area contributed by atoms with Gasteiger partial charge in [0.15, 0.2) is 5.70 Å². The summed E-state index contributed by atoms with van der Waals surface area (Å²) in [5.74, 6) is 0.146. The second kappa shape index (κ2) is 8.84. The summed E-state index contributed by atoms with van der Waals surface area (Å²) < 4.78 is 5.15. The van der Waals surface area contributed by atoms with E-state index in [-0.39, 0.29) is 17.3 Å². The van der Waals surface area contributed by atoms with Crippen molar-refractivity contribution in [1.29, 1.82) is 0 Å². The van der Waals surface area contributed by atoms with Gasteiger partial charge in [0.25, 0.3) is 5.91 Å². The van der Waals surface area contributed by atoms with Crippen molar-refractivity contribution in [1.82, 2.24) is 10.3 Å². The SMILES string of the molecule is C=N/C(C(=O)NCCC)=C(/N)c1cccc(-c2ccc(OC)nc2C)c1N. The number of benzene rings is 1. The molecule has 7 nitrogen and oxygen atoms in total. The van der Waals surface area contributed by atoms with Crippen LogP contribution in [0, 0.1) is 6.92 Å². The first kappa shape index (κ1) is 20.0. The predicted molar refractivity (Wildman–Crippen MR) is 109 cm³/mol. The van der Waals surface area contributed by atoms with E-state index < -0.39 is 0 Å². The normalized spacial score (nSPS) is 11.5. The molecule has 0 spiro atoms. The van der Waals surface area contributed by atoms with Crippen molar-refractivity contribution in [3.63, 3.8) is 0 Å². The monoisotopic (exact) mass is 367 g/mol. The zero-order chi connectivity index (χ0) is 20.0. The Morgan fingerprint density at radius 1 is 1.30 bits per heavy atom. The van der Waals surface area contributed by atoms with Gasteiger partial charge in [-0.15, -0.1) is 0 Å². The maximum Gasteiger partial charge on any atom is 0.272 e. The molecule has 0 aliphatic rings. The summed E-state index contributed by atoms with van der Waals surface area (Å²) in [7, 11) is 1.56. The molecule has 5 N–H and O–H groups in total. The summed E-state index contributed by atoms with van der Waals surface area (Å²) in [5, 5.41) is 2.75. The Morgan fingerprint density at radius 2 is 2.04 bits per heavy atom. The van der Waals surface area contributed by atoms with Gasteiger partial charge in [0.1, 0.15) is 0 Å².